The van der Waals surface area contributed by atoms with Gasteiger partial charge in [0.05, 0.1) is 24.5 Å². The van der Waals surface area contributed by atoms with Crippen molar-refractivity contribution in [2.24, 2.45) is 0 Å². The number of hydrogen-bond donors (Lipinski definition) is 0. The molecule has 1 heterocycles. The standard InChI is InChI=1S/C19H21NO5/c1-4-23-18(21)15-11-20-13(3)17(16(15)19(22)24-5-2)25-12-14-9-7-6-8-10-14/h6-11H,4-5,12H2,1-3H3. The monoisotopic (exact) mass is 343 g/mol. The van der Waals surface area contributed by atoms with Crippen LogP contribution in [0.1, 0.15) is 45.8 Å². The molecule has 0 aliphatic carbocycles. The van der Waals surface area contributed by atoms with Crippen LogP contribution in [-0.2, 0) is 16.1 Å². The third-order valence-corrected chi connectivity index (χ3v) is 3.41. The van der Waals surface area contributed by atoms with Crippen molar-refractivity contribution in [1.29, 1.82) is 0 Å². The molecule has 2 rings (SSSR count). The smallest absolute Gasteiger partial charge is 0.342 e. The summed E-state index contributed by atoms with van der Waals surface area (Å²) in [5.74, 6) is -1.05. The highest BCUT2D eigenvalue weighted by Crippen LogP contribution is 2.28. The van der Waals surface area contributed by atoms with Crippen LogP contribution < -0.4 is 4.74 Å². The van der Waals surface area contributed by atoms with Crippen LogP contribution in [0, 0.1) is 6.92 Å². The lowest BCUT2D eigenvalue weighted by atomic mass is 10.1. The van der Waals surface area contributed by atoms with Crippen molar-refractivity contribution in [1.82, 2.24) is 4.98 Å². The zero-order valence-electron chi connectivity index (χ0n) is 14.6. The molecule has 0 radical (unpaired) electrons. The topological polar surface area (TPSA) is 74.7 Å². The number of pyridine rings is 1. The second kappa shape index (κ2) is 8.82. The molecule has 0 fully saturated rings. The largest absolute Gasteiger partial charge is 0.486 e. The van der Waals surface area contributed by atoms with Gasteiger partial charge in [-0.25, -0.2) is 9.59 Å². The maximum atomic E-state index is 12.4. The van der Waals surface area contributed by atoms with Crippen molar-refractivity contribution in [3.63, 3.8) is 0 Å². The maximum absolute atomic E-state index is 12.4. The zero-order chi connectivity index (χ0) is 18.2. The van der Waals surface area contributed by atoms with Crippen LogP contribution in [-0.4, -0.2) is 30.1 Å². The molecule has 25 heavy (non-hydrogen) atoms. The van der Waals surface area contributed by atoms with E-state index >= 15 is 0 Å². The van der Waals surface area contributed by atoms with Crippen molar-refractivity contribution in [2.75, 3.05) is 13.2 Å². The first kappa shape index (κ1) is 18.4. The van der Waals surface area contributed by atoms with E-state index < -0.39 is 11.9 Å². The van der Waals surface area contributed by atoms with Crippen molar-refractivity contribution in [2.45, 2.75) is 27.4 Å². The SMILES string of the molecule is CCOC(=O)c1cnc(C)c(OCc2ccccc2)c1C(=O)OCC. The molecule has 0 saturated carbocycles. The fraction of sp³-hybridized carbons (Fsp3) is 0.316. The van der Waals surface area contributed by atoms with Gasteiger partial charge in [0.25, 0.3) is 0 Å². The van der Waals surface area contributed by atoms with E-state index in [1.54, 1.807) is 20.8 Å². The fourth-order valence-electron chi connectivity index (χ4n) is 2.26. The number of esters is 2. The molecule has 6 heteroatoms. The second-order valence-corrected chi connectivity index (χ2v) is 5.18. The molecule has 0 aliphatic heterocycles. The summed E-state index contributed by atoms with van der Waals surface area (Å²) >= 11 is 0. The van der Waals surface area contributed by atoms with Gasteiger partial charge < -0.3 is 14.2 Å². The number of carbonyl (C=O) groups is 2. The van der Waals surface area contributed by atoms with E-state index in [0.29, 0.717) is 5.69 Å². The molecule has 2 aromatic rings. The number of aryl methyl sites for hydroxylation is 1. The van der Waals surface area contributed by atoms with Gasteiger partial charge >= 0.3 is 11.9 Å². The minimum atomic E-state index is -0.640. The minimum absolute atomic E-state index is 0.0361. The summed E-state index contributed by atoms with van der Waals surface area (Å²) in [4.78, 5) is 28.8. The van der Waals surface area contributed by atoms with E-state index in [0.717, 1.165) is 5.56 Å². The van der Waals surface area contributed by atoms with E-state index in [1.165, 1.54) is 6.20 Å². The minimum Gasteiger partial charge on any atom is -0.486 e. The summed E-state index contributed by atoms with van der Waals surface area (Å²) in [6.07, 6.45) is 1.31. The van der Waals surface area contributed by atoms with Gasteiger partial charge in [0.15, 0.2) is 5.75 Å². The Morgan fingerprint density at radius 1 is 1.00 bits per heavy atom. The van der Waals surface area contributed by atoms with E-state index in [1.807, 2.05) is 30.3 Å². The van der Waals surface area contributed by atoms with Gasteiger partial charge in [0, 0.05) is 6.20 Å². The third kappa shape index (κ3) is 4.56. The zero-order valence-corrected chi connectivity index (χ0v) is 14.6. The quantitative estimate of drug-likeness (QED) is 0.718. The van der Waals surface area contributed by atoms with Crippen LogP contribution in [0.25, 0.3) is 0 Å². The van der Waals surface area contributed by atoms with Gasteiger partial charge in [-0.2, -0.15) is 0 Å². The molecule has 132 valence electrons. The molecule has 1 aromatic heterocycles. The molecule has 0 bridgehead atoms. The first-order valence-corrected chi connectivity index (χ1v) is 8.09. The molecule has 0 spiro atoms. The molecule has 1 aromatic carbocycles. The maximum Gasteiger partial charge on any atom is 0.342 e. The van der Waals surface area contributed by atoms with Crippen molar-refractivity contribution in [3.8, 4) is 5.75 Å². The number of ether oxygens (including phenoxy) is 3. The highest BCUT2D eigenvalue weighted by Gasteiger charge is 2.26. The van der Waals surface area contributed by atoms with Gasteiger partial charge in [-0.15, -0.1) is 0 Å². The Balaban J connectivity index is 2.42. The predicted molar refractivity (Wildman–Crippen MR) is 91.7 cm³/mol. The average Bonchev–Trinajstić information content (AvgIpc) is 2.61. The highest BCUT2D eigenvalue weighted by atomic mass is 16.5. The third-order valence-electron chi connectivity index (χ3n) is 3.41. The molecule has 0 amide bonds. The van der Waals surface area contributed by atoms with E-state index in [4.69, 9.17) is 14.2 Å². The summed E-state index contributed by atoms with van der Waals surface area (Å²) in [5, 5.41) is 0. The number of rotatable bonds is 7. The summed E-state index contributed by atoms with van der Waals surface area (Å²) in [5.41, 5.74) is 1.50. The van der Waals surface area contributed by atoms with Crippen molar-refractivity contribution < 1.29 is 23.8 Å². The van der Waals surface area contributed by atoms with E-state index in [9.17, 15) is 9.59 Å². The van der Waals surface area contributed by atoms with Crippen LogP contribution in [0.2, 0.25) is 0 Å². The number of hydrogen-bond acceptors (Lipinski definition) is 6. The second-order valence-electron chi connectivity index (χ2n) is 5.18. The van der Waals surface area contributed by atoms with Crippen LogP contribution in [0.15, 0.2) is 36.5 Å². The van der Waals surface area contributed by atoms with Gasteiger partial charge in [0.2, 0.25) is 0 Å². The molecule has 0 unspecified atom stereocenters. The number of aromatic nitrogens is 1. The van der Waals surface area contributed by atoms with Gasteiger partial charge in [-0.1, -0.05) is 30.3 Å². The number of nitrogens with zero attached hydrogens (tertiary/aromatic N) is 1. The van der Waals surface area contributed by atoms with Crippen LogP contribution in [0.5, 0.6) is 5.75 Å². The van der Waals surface area contributed by atoms with Crippen LogP contribution in [0.3, 0.4) is 0 Å². The molecule has 0 atom stereocenters. The van der Waals surface area contributed by atoms with Gasteiger partial charge in [0.1, 0.15) is 12.2 Å². The lowest BCUT2D eigenvalue weighted by molar-refractivity contribution is 0.0473. The normalized spacial score (nSPS) is 10.2. The Labute approximate surface area is 146 Å². The Morgan fingerprint density at radius 2 is 1.64 bits per heavy atom. The average molecular weight is 343 g/mol. The highest BCUT2D eigenvalue weighted by molar-refractivity contribution is 6.05. The lowest BCUT2D eigenvalue weighted by Crippen LogP contribution is -2.17. The Kier molecular flexibility index (Phi) is 6.51. The van der Waals surface area contributed by atoms with Gasteiger partial charge in [-0.05, 0) is 26.3 Å². The summed E-state index contributed by atoms with van der Waals surface area (Å²) in [7, 11) is 0. The summed E-state index contributed by atoms with van der Waals surface area (Å²) in [6.45, 7) is 5.70. The number of benzene rings is 1. The molecule has 6 nitrogen and oxygen atoms in total. The summed E-state index contributed by atoms with van der Waals surface area (Å²) in [6, 6.07) is 9.50. The van der Waals surface area contributed by atoms with E-state index in [-0.39, 0.29) is 36.7 Å². The molecule has 0 aliphatic rings. The van der Waals surface area contributed by atoms with Gasteiger partial charge in [-0.3, -0.25) is 4.98 Å². The lowest BCUT2D eigenvalue weighted by Gasteiger charge is -2.16. The van der Waals surface area contributed by atoms with Crippen molar-refractivity contribution >= 4 is 11.9 Å². The first-order chi connectivity index (χ1) is 12.1. The molecular weight excluding hydrogens is 322 g/mol. The Bertz CT molecular complexity index is 743. The van der Waals surface area contributed by atoms with Crippen LogP contribution in [0.4, 0.5) is 0 Å². The molecule has 0 saturated heterocycles. The van der Waals surface area contributed by atoms with E-state index in [2.05, 4.69) is 4.98 Å². The Hall–Kier alpha value is -2.89. The van der Waals surface area contributed by atoms with Crippen molar-refractivity contribution in [3.05, 3.63) is 58.9 Å². The number of carbonyl (C=O) groups excluding carboxylic acids is 2. The summed E-state index contributed by atoms with van der Waals surface area (Å²) < 4.78 is 15.9. The Morgan fingerprint density at radius 3 is 2.28 bits per heavy atom. The molecular formula is C19H21NO5. The molecule has 0 N–H and O–H groups in total. The first-order valence-electron chi connectivity index (χ1n) is 8.09. The fourth-order valence-corrected chi connectivity index (χ4v) is 2.26. The predicted octanol–water partition coefficient (Wildman–Crippen LogP) is 3.32. The van der Waals surface area contributed by atoms with Crippen LogP contribution >= 0.6 is 0 Å².